The van der Waals surface area contributed by atoms with Gasteiger partial charge in [-0.25, -0.2) is 0 Å². The molecule has 0 aliphatic heterocycles. The van der Waals surface area contributed by atoms with Crippen LogP contribution in [0.2, 0.25) is 0 Å². The van der Waals surface area contributed by atoms with Crippen molar-refractivity contribution in [3.63, 3.8) is 0 Å². The van der Waals surface area contributed by atoms with Crippen molar-refractivity contribution in [2.24, 2.45) is 0 Å². The normalized spacial score (nSPS) is 11.1. The number of aromatic nitrogens is 2. The van der Waals surface area contributed by atoms with Gasteiger partial charge in [-0.3, -0.25) is 9.55 Å². The quantitative estimate of drug-likeness (QED) is 0.792. The van der Waals surface area contributed by atoms with Gasteiger partial charge >= 0.3 is 6.55 Å². The molecule has 2 aromatic rings. The van der Waals surface area contributed by atoms with E-state index in [2.05, 4.69) is 4.98 Å². The number of pyridine rings is 1. The molecule has 17 heavy (non-hydrogen) atoms. The standard InChI is InChI=1S/C13H14F2N2/c1-3-12-10(6-7-17(12)13(14)15)11-5-4-9(2)8-16-11/h4-8,13H,3H2,1-2H3. The van der Waals surface area contributed by atoms with Crippen molar-refractivity contribution in [2.75, 3.05) is 0 Å². The van der Waals surface area contributed by atoms with Gasteiger partial charge in [0.2, 0.25) is 0 Å². The minimum atomic E-state index is -2.50. The molecule has 2 aromatic heterocycles. The van der Waals surface area contributed by atoms with Gasteiger partial charge in [0.1, 0.15) is 0 Å². The average Bonchev–Trinajstić information content (AvgIpc) is 2.73. The Morgan fingerprint density at radius 2 is 2.06 bits per heavy atom. The van der Waals surface area contributed by atoms with Crippen LogP contribution in [-0.4, -0.2) is 9.55 Å². The highest BCUT2D eigenvalue weighted by atomic mass is 19.3. The van der Waals surface area contributed by atoms with Crippen molar-refractivity contribution in [2.45, 2.75) is 26.8 Å². The van der Waals surface area contributed by atoms with E-state index >= 15 is 0 Å². The highest BCUT2D eigenvalue weighted by Crippen LogP contribution is 2.27. The van der Waals surface area contributed by atoms with E-state index < -0.39 is 6.55 Å². The Balaban J connectivity index is 2.48. The Kier molecular flexibility index (Phi) is 3.22. The zero-order valence-corrected chi connectivity index (χ0v) is 9.82. The second-order valence-corrected chi connectivity index (χ2v) is 3.94. The molecule has 0 aromatic carbocycles. The lowest BCUT2D eigenvalue weighted by Crippen LogP contribution is -2.02. The van der Waals surface area contributed by atoms with Gasteiger partial charge in [-0.2, -0.15) is 8.78 Å². The van der Waals surface area contributed by atoms with E-state index in [0.29, 0.717) is 12.1 Å². The summed E-state index contributed by atoms with van der Waals surface area (Å²) in [6.07, 6.45) is 3.72. The molecular formula is C13H14F2N2. The molecule has 0 unspecified atom stereocenters. The van der Waals surface area contributed by atoms with Gasteiger partial charge in [0.15, 0.2) is 0 Å². The maximum atomic E-state index is 12.8. The highest BCUT2D eigenvalue weighted by molar-refractivity contribution is 5.62. The molecule has 4 heteroatoms. The van der Waals surface area contributed by atoms with Gasteiger partial charge in [0.05, 0.1) is 5.69 Å². The average molecular weight is 236 g/mol. The van der Waals surface area contributed by atoms with E-state index in [1.54, 1.807) is 12.3 Å². The maximum absolute atomic E-state index is 12.8. The summed E-state index contributed by atoms with van der Waals surface area (Å²) in [6.45, 7) is 1.32. The summed E-state index contributed by atoms with van der Waals surface area (Å²) >= 11 is 0. The largest absolute Gasteiger partial charge is 0.318 e. The van der Waals surface area contributed by atoms with Gasteiger partial charge in [-0.05, 0) is 31.0 Å². The van der Waals surface area contributed by atoms with E-state index in [9.17, 15) is 8.78 Å². The number of rotatable bonds is 3. The first-order valence-electron chi connectivity index (χ1n) is 5.54. The first kappa shape index (κ1) is 11.8. The minimum absolute atomic E-state index is 0.558. The number of hydrogen-bond donors (Lipinski definition) is 0. The monoisotopic (exact) mass is 236 g/mol. The van der Waals surface area contributed by atoms with Crippen LogP contribution in [0, 0.1) is 6.92 Å². The Hall–Kier alpha value is -1.71. The van der Waals surface area contributed by atoms with Crippen LogP contribution in [0.1, 0.15) is 24.7 Å². The smallest absolute Gasteiger partial charge is 0.295 e. The maximum Gasteiger partial charge on any atom is 0.318 e. The molecule has 0 atom stereocenters. The van der Waals surface area contributed by atoms with E-state index in [1.165, 1.54) is 6.20 Å². The number of nitrogens with zero attached hydrogens (tertiary/aromatic N) is 2. The predicted octanol–water partition coefficient (Wildman–Crippen LogP) is 3.82. The molecule has 0 amide bonds. The van der Waals surface area contributed by atoms with Gasteiger partial charge < -0.3 is 0 Å². The van der Waals surface area contributed by atoms with Crippen molar-refractivity contribution in [3.8, 4) is 11.3 Å². The van der Waals surface area contributed by atoms with Crippen LogP contribution in [0.5, 0.6) is 0 Å². The highest BCUT2D eigenvalue weighted by Gasteiger charge is 2.15. The van der Waals surface area contributed by atoms with Crippen LogP contribution >= 0.6 is 0 Å². The van der Waals surface area contributed by atoms with Crippen molar-refractivity contribution < 1.29 is 8.78 Å². The van der Waals surface area contributed by atoms with Crippen LogP contribution in [-0.2, 0) is 6.42 Å². The molecule has 0 saturated carbocycles. The Bertz CT molecular complexity index is 501. The van der Waals surface area contributed by atoms with Crippen LogP contribution in [0.4, 0.5) is 8.78 Å². The molecule has 0 spiro atoms. The molecular weight excluding hydrogens is 222 g/mol. The van der Waals surface area contributed by atoms with Gasteiger partial charge in [-0.15, -0.1) is 0 Å². The van der Waals surface area contributed by atoms with E-state index in [1.807, 2.05) is 26.0 Å². The molecule has 0 saturated heterocycles. The third-order valence-corrected chi connectivity index (χ3v) is 2.76. The second kappa shape index (κ2) is 4.65. The molecule has 90 valence electrons. The van der Waals surface area contributed by atoms with Crippen molar-refractivity contribution in [1.82, 2.24) is 9.55 Å². The Morgan fingerprint density at radius 3 is 2.59 bits per heavy atom. The lowest BCUT2D eigenvalue weighted by atomic mass is 10.1. The molecule has 0 fully saturated rings. The SMILES string of the molecule is CCc1c(-c2ccc(C)cn2)ccn1C(F)F. The molecule has 0 aliphatic carbocycles. The van der Waals surface area contributed by atoms with Crippen LogP contribution in [0.25, 0.3) is 11.3 Å². The number of hydrogen-bond acceptors (Lipinski definition) is 1. The Labute approximate surface area is 98.9 Å². The van der Waals surface area contributed by atoms with Crippen LogP contribution in [0.3, 0.4) is 0 Å². The van der Waals surface area contributed by atoms with Crippen LogP contribution < -0.4 is 0 Å². The topological polar surface area (TPSA) is 17.8 Å². The molecule has 0 N–H and O–H groups in total. The third kappa shape index (κ3) is 2.20. The van der Waals surface area contributed by atoms with E-state index in [-0.39, 0.29) is 0 Å². The first-order valence-corrected chi connectivity index (χ1v) is 5.54. The molecule has 0 bridgehead atoms. The molecule has 2 heterocycles. The minimum Gasteiger partial charge on any atom is -0.295 e. The molecule has 0 aliphatic rings. The second-order valence-electron chi connectivity index (χ2n) is 3.94. The molecule has 2 nitrogen and oxygen atoms in total. The lowest BCUT2D eigenvalue weighted by molar-refractivity contribution is 0.0680. The summed E-state index contributed by atoms with van der Waals surface area (Å²) in [4.78, 5) is 4.27. The fraction of sp³-hybridized carbons (Fsp3) is 0.308. The van der Waals surface area contributed by atoms with E-state index in [4.69, 9.17) is 0 Å². The fourth-order valence-electron chi connectivity index (χ4n) is 1.90. The van der Waals surface area contributed by atoms with Gasteiger partial charge in [-0.1, -0.05) is 13.0 Å². The predicted molar refractivity (Wildman–Crippen MR) is 63.0 cm³/mol. The van der Waals surface area contributed by atoms with Crippen LogP contribution in [0.15, 0.2) is 30.6 Å². The number of halogens is 2. The first-order chi connectivity index (χ1) is 8.13. The molecule has 2 rings (SSSR count). The third-order valence-electron chi connectivity index (χ3n) is 2.76. The van der Waals surface area contributed by atoms with Crippen molar-refractivity contribution in [1.29, 1.82) is 0 Å². The van der Waals surface area contributed by atoms with Gasteiger partial charge in [0.25, 0.3) is 0 Å². The van der Waals surface area contributed by atoms with E-state index in [0.717, 1.165) is 21.4 Å². The summed E-state index contributed by atoms with van der Waals surface area (Å²) in [5.74, 6) is 0. The summed E-state index contributed by atoms with van der Waals surface area (Å²) < 4.78 is 26.5. The fourth-order valence-corrected chi connectivity index (χ4v) is 1.90. The van der Waals surface area contributed by atoms with Crippen molar-refractivity contribution in [3.05, 3.63) is 41.9 Å². The zero-order valence-electron chi connectivity index (χ0n) is 9.82. The van der Waals surface area contributed by atoms with Crippen molar-refractivity contribution >= 4 is 0 Å². The summed E-state index contributed by atoms with van der Waals surface area (Å²) in [7, 11) is 0. The lowest BCUT2D eigenvalue weighted by Gasteiger charge is -2.08. The molecule has 0 radical (unpaired) electrons. The zero-order chi connectivity index (χ0) is 12.4. The summed E-state index contributed by atoms with van der Waals surface area (Å²) in [5, 5.41) is 0. The number of aryl methyl sites for hydroxylation is 1. The van der Waals surface area contributed by atoms with Gasteiger partial charge in [0, 0.05) is 23.7 Å². The Morgan fingerprint density at radius 1 is 1.29 bits per heavy atom. The summed E-state index contributed by atoms with van der Waals surface area (Å²) in [5.41, 5.74) is 3.20. The number of alkyl halides is 2. The summed E-state index contributed by atoms with van der Waals surface area (Å²) in [6, 6.07) is 5.49.